The third kappa shape index (κ3) is 3.33. The second-order valence-corrected chi connectivity index (χ2v) is 7.01. The summed E-state index contributed by atoms with van der Waals surface area (Å²) in [7, 11) is 0. The summed E-state index contributed by atoms with van der Waals surface area (Å²) in [5, 5.41) is 2.98. The molecule has 116 valence electrons. The molecule has 1 N–H and O–H groups in total. The standard InChI is InChI=1S/C16H30N2O2/c1-7-12-13(19)17-16(8-2,9-3)14(20)18(12)11-10-15(4,5)6/h12H,7-11H2,1-6H3,(H,17,19). The van der Waals surface area contributed by atoms with Gasteiger partial charge in [0.25, 0.3) is 0 Å². The highest BCUT2D eigenvalue weighted by Gasteiger charge is 2.48. The highest BCUT2D eigenvalue weighted by molar-refractivity contribution is 5.99. The summed E-state index contributed by atoms with van der Waals surface area (Å²) in [5.41, 5.74) is -0.534. The average Bonchev–Trinajstić information content (AvgIpc) is 2.38. The first-order valence-corrected chi connectivity index (χ1v) is 7.84. The van der Waals surface area contributed by atoms with Crippen LogP contribution < -0.4 is 5.32 Å². The smallest absolute Gasteiger partial charge is 0.248 e. The van der Waals surface area contributed by atoms with Crippen LogP contribution in [0.15, 0.2) is 0 Å². The monoisotopic (exact) mass is 282 g/mol. The fraction of sp³-hybridized carbons (Fsp3) is 0.875. The summed E-state index contributed by atoms with van der Waals surface area (Å²) in [6.07, 6.45) is 2.88. The first kappa shape index (κ1) is 17.0. The van der Waals surface area contributed by atoms with E-state index in [0.29, 0.717) is 25.8 Å². The van der Waals surface area contributed by atoms with Crippen molar-refractivity contribution in [1.29, 1.82) is 0 Å². The highest BCUT2D eigenvalue weighted by Crippen LogP contribution is 2.28. The lowest BCUT2D eigenvalue weighted by Gasteiger charge is -2.46. The van der Waals surface area contributed by atoms with Crippen LogP contribution in [0.5, 0.6) is 0 Å². The highest BCUT2D eigenvalue weighted by atomic mass is 16.2. The first-order valence-electron chi connectivity index (χ1n) is 7.84. The molecular formula is C16H30N2O2. The molecule has 1 saturated heterocycles. The van der Waals surface area contributed by atoms with Crippen molar-refractivity contribution in [2.45, 2.75) is 78.8 Å². The average molecular weight is 282 g/mol. The molecule has 1 unspecified atom stereocenters. The molecule has 0 aliphatic carbocycles. The molecule has 1 rings (SSSR count). The number of hydrogen-bond acceptors (Lipinski definition) is 2. The van der Waals surface area contributed by atoms with Gasteiger partial charge < -0.3 is 10.2 Å². The summed E-state index contributed by atoms with van der Waals surface area (Å²) < 4.78 is 0. The van der Waals surface area contributed by atoms with Gasteiger partial charge in [0.05, 0.1) is 0 Å². The molecule has 0 spiro atoms. The fourth-order valence-corrected chi connectivity index (χ4v) is 2.78. The molecule has 0 bridgehead atoms. The molecule has 1 fully saturated rings. The molecule has 1 heterocycles. The Bertz CT molecular complexity index is 367. The molecule has 4 nitrogen and oxygen atoms in total. The van der Waals surface area contributed by atoms with E-state index >= 15 is 0 Å². The van der Waals surface area contributed by atoms with Crippen molar-refractivity contribution < 1.29 is 9.59 Å². The van der Waals surface area contributed by atoms with Gasteiger partial charge in [0.1, 0.15) is 11.6 Å². The molecule has 1 aliphatic heterocycles. The van der Waals surface area contributed by atoms with Gasteiger partial charge in [-0.3, -0.25) is 9.59 Å². The molecule has 0 aromatic heterocycles. The van der Waals surface area contributed by atoms with Gasteiger partial charge in [-0.15, -0.1) is 0 Å². The Morgan fingerprint density at radius 3 is 2.10 bits per heavy atom. The predicted octanol–water partition coefficient (Wildman–Crippen LogP) is 2.72. The van der Waals surface area contributed by atoms with E-state index in [9.17, 15) is 9.59 Å². The van der Waals surface area contributed by atoms with Gasteiger partial charge >= 0.3 is 0 Å². The van der Waals surface area contributed by atoms with E-state index < -0.39 is 5.54 Å². The summed E-state index contributed by atoms with van der Waals surface area (Å²) in [5.74, 6) is 0.0999. The number of nitrogens with one attached hydrogen (secondary N) is 1. The largest absolute Gasteiger partial charge is 0.340 e. The maximum absolute atomic E-state index is 12.9. The van der Waals surface area contributed by atoms with Gasteiger partial charge in [0, 0.05) is 6.54 Å². The van der Waals surface area contributed by atoms with Gasteiger partial charge in [-0.25, -0.2) is 0 Å². The summed E-state index contributed by atoms with van der Waals surface area (Å²) in [6, 6.07) is -0.309. The van der Waals surface area contributed by atoms with Gasteiger partial charge in [-0.1, -0.05) is 41.5 Å². The maximum atomic E-state index is 12.9. The first-order chi connectivity index (χ1) is 9.20. The molecular weight excluding hydrogens is 252 g/mol. The van der Waals surface area contributed by atoms with E-state index in [-0.39, 0.29) is 23.3 Å². The molecule has 0 aromatic carbocycles. The van der Waals surface area contributed by atoms with Crippen molar-refractivity contribution in [3.8, 4) is 0 Å². The maximum Gasteiger partial charge on any atom is 0.248 e. The lowest BCUT2D eigenvalue weighted by molar-refractivity contribution is -0.156. The van der Waals surface area contributed by atoms with Crippen molar-refractivity contribution >= 4 is 11.8 Å². The van der Waals surface area contributed by atoms with E-state index in [2.05, 4.69) is 26.1 Å². The van der Waals surface area contributed by atoms with Crippen molar-refractivity contribution in [3.05, 3.63) is 0 Å². The Hall–Kier alpha value is -1.06. The van der Waals surface area contributed by atoms with Crippen LogP contribution in [-0.2, 0) is 9.59 Å². The molecule has 20 heavy (non-hydrogen) atoms. The number of amides is 2. The molecule has 0 saturated carbocycles. The molecule has 2 amide bonds. The molecule has 0 aromatic rings. The van der Waals surface area contributed by atoms with E-state index in [1.807, 2.05) is 25.7 Å². The predicted molar refractivity (Wildman–Crippen MR) is 81.3 cm³/mol. The van der Waals surface area contributed by atoms with Gasteiger partial charge in [-0.2, -0.15) is 0 Å². The number of nitrogens with zero attached hydrogens (tertiary/aromatic N) is 1. The zero-order valence-corrected chi connectivity index (χ0v) is 13.9. The Labute approximate surface area is 123 Å². The van der Waals surface area contributed by atoms with E-state index in [1.54, 1.807) is 0 Å². The minimum Gasteiger partial charge on any atom is -0.340 e. The van der Waals surface area contributed by atoms with Gasteiger partial charge in [0.15, 0.2) is 0 Å². The minimum atomic E-state index is -0.694. The van der Waals surface area contributed by atoms with Crippen LogP contribution in [0, 0.1) is 5.41 Å². The summed E-state index contributed by atoms with van der Waals surface area (Å²) >= 11 is 0. The number of rotatable bonds is 5. The summed E-state index contributed by atoms with van der Waals surface area (Å²) in [4.78, 5) is 27.0. The third-order valence-electron chi connectivity index (χ3n) is 4.41. The fourth-order valence-electron chi connectivity index (χ4n) is 2.78. The zero-order valence-electron chi connectivity index (χ0n) is 13.9. The second kappa shape index (κ2) is 6.15. The second-order valence-electron chi connectivity index (χ2n) is 7.01. The van der Waals surface area contributed by atoms with Crippen molar-refractivity contribution in [3.63, 3.8) is 0 Å². The molecule has 1 atom stereocenters. The molecule has 1 aliphatic rings. The van der Waals surface area contributed by atoms with Crippen LogP contribution in [0.1, 0.15) is 67.2 Å². The quantitative estimate of drug-likeness (QED) is 0.843. The lowest BCUT2D eigenvalue weighted by atomic mass is 9.85. The van der Waals surface area contributed by atoms with Crippen LogP contribution in [0.3, 0.4) is 0 Å². The number of piperazine rings is 1. The number of carbonyl (C=O) groups is 2. The molecule has 4 heteroatoms. The topological polar surface area (TPSA) is 49.4 Å². The number of hydrogen-bond donors (Lipinski definition) is 1. The number of carbonyl (C=O) groups excluding carboxylic acids is 2. The van der Waals surface area contributed by atoms with Crippen LogP contribution in [0.4, 0.5) is 0 Å². The van der Waals surface area contributed by atoms with E-state index in [4.69, 9.17) is 0 Å². The van der Waals surface area contributed by atoms with Crippen LogP contribution in [0.25, 0.3) is 0 Å². The van der Waals surface area contributed by atoms with E-state index in [1.165, 1.54) is 0 Å². The third-order valence-corrected chi connectivity index (χ3v) is 4.41. The van der Waals surface area contributed by atoms with E-state index in [0.717, 1.165) is 6.42 Å². The van der Waals surface area contributed by atoms with Gasteiger partial charge in [0.2, 0.25) is 11.8 Å². The lowest BCUT2D eigenvalue weighted by Crippen LogP contribution is -2.70. The summed E-state index contributed by atoms with van der Waals surface area (Å²) in [6.45, 7) is 13.0. The van der Waals surface area contributed by atoms with Crippen LogP contribution >= 0.6 is 0 Å². The minimum absolute atomic E-state index is 0.00436. The zero-order chi connectivity index (χ0) is 15.6. The Kier molecular flexibility index (Phi) is 5.22. The van der Waals surface area contributed by atoms with Crippen molar-refractivity contribution in [2.24, 2.45) is 5.41 Å². The Morgan fingerprint density at radius 1 is 1.15 bits per heavy atom. The van der Waals surface area contributed by atoms with Crippen LogP contribution in [-0.4, -0.2) is 34.8 Å². The van der Waals surface area contributed by atoms with Crippen LogP contribution in [0.2, 0.25) is 0 Å². The Balaban J connectivity index is 3.00. The Morgan fingerprint density at radius 2 is 1.70 bits per heavy atom. The van der Waals surface area contributed by atoms with Gasteiger partial charge in [-0.05, 0) is 31.1 Å². The molecule has 0 radical (unpaired) electrons. The normalized spacial score (nSPS) is 22.9. The van der Waals surface area contributed by atoms with Crippen molar-refractivity contribution in [2.75, 3.05) is 6.54 Å². The van der Waals surface area contributed by atoms with Crippen molar-refractivity contribution in [1.82, 2.24) is 10.2 Å². The SMILES string of the molecule is CCC1C(=O)NC(CC)(CC)C(=O)N1CCC(C)(C)C.